The molecule has 2 rings (SSSR count). The lowest BCUT2D eigenvalue weighted by molar-refractivity contribution is 0.596. The van der Waals surface area contributed by atoms with Crippen LogP contribution >= 0.6 is 39.1 Å². The molecule has 0 amide bonds. The normalized spacial score (nSPS) is 10.7. The third kappa shape index (κ3) is 3.56. The third-order valence-electron chi connectivity index (χ3n) is 2.54. The van der Waals surface area contributed by atoms with Crippen molar-refractivity contribution < 1.29 is 8.78 Å². The molecule has 0 aliphatic rings. The molecule has 0 atom stereocenters. The maximum absolute atomic E-state index is 13.6. The summed E-state index contributed by atoms with van der Waals surface area (Å²) in [5, 5.41) is 3.26. The lowest BCUT2D eigenvalue weighted by Crippen LogP contribution is -2.08. The van der Waals surface area contributed by atoms with Gasteiger partial charge in [-0.1, -0.05) is 23.2 Å². The van der Waals surface area contributed by atoms with Gasteiger partial charge < -0.3 is 5.32 Å². The molecule has 3 nitrogen and oxygen atoms in total. The summed E-state index contributed by atoms with van der Waals surface area (Å²) in [4.78, 5) is 7.62. The summed E-state index contributed by atoms with van der Waals surface area (Å²) in [6.07, 6.45) is 1.64. The molecule has 0 spiro atoms. The molecule has 20 heavy (non-hydrogen) atoms. The van der Waals surface area contributed by atoms with Gasteiger partial charge in [0.2, 0.25) is 0 Å². The van der Waals surface area contributed by atoms with Crippen LogP contribution in [-0.4, -0.2) is 16.5 Å². The summed E-state index contributed by atoms with van der Waals surface area (Å²) in [6.45, 7) is 0.310. The van der Waals surface area contributed by atoms with Gasteiger partial charge in [0.1, 0.15) is 28.3 Å². The van der Waals surface area contributed by atoms with Gasteiger partial charge in [0.25, 0.3) is 0 Å². The van der Waals surface area contributed by atoms with E-state index in [9.17, 15) is 8.78 Å². The van der Waals surface area contributed by atoms with Gasteiger partial charge in [-0.3, -0.25) is 0 Å². The Bertz CT molecular complexity index is 620. The van der Waals surface area contributed by atoms with Crippen molar-refractivity contribution in [1.82, 2.24) is 9.97 Å². The van der Waals surface area contributed by atoms with Crippen molar-refractivity contribution in [3.8, 4) is 0 Å². The van der Waals surface area contributed by atoms with Crippen molar-refractivity contribution >= 4 is 44.8 Å². The van der Waals surface area contributed by atoms with E-state index in [1.807, 2.05) is 0 Å². The van der Waals surface area contributed by atoms with Gasteiger partial charge in [-0.2, -0.15) is 0 Å². The van der Waals surface area contributed by atoms with E-state index in [4.69, 9.17) is 23.2 Å². The molecule has 0 radical (unpaired) electrons. The van der Waals surface area contributed by atoms with Crippen molar-refractivity contribution in [2.75, 3.05) is 11.9 Å². The van der Waals surface area contributed by atoms with Crippen LogP contribution in [0.1, 0.15) is 5.56 Å². The number of aromatic nitrogens is 2. The van der Waals surface area contributed by atoms with Crippen LogP contribution in [0, 0.1) is 11.6 Å². The fourth-order valence-electron chi connectivity index (χ4n) is 1.56. The number of halogens is 5. The highest BCUT2D eigenvalue weighted by atomic mass is 79.9. The lowest BCUT2D eigenvalue weighted by atomic mass is 10.2. The molecule has 1 N–H and O–H groups in total. The molecule has 0 unspecified atom stereocenters. The lowest BCUT2D eigenvalue weighted by Gasteiger charge is -2.09. The minimum atomic E-state index is -0.556. The van der Waals surface area contributed by atoms with Gasteiger partial charge in [-0.15, -0.1) is 0 Å². The molecular weight excluding hydrogens is 375 g/mol. The average Bonchev–Trinajstić information content (AvgIpc) is 2.39. The molecule has 8 heteroatoms. The molecule has 2 aromatic rings. The maximum atomic E-state index is 13.6. The standard InChI is InChI=1S/C12H8BrCl2F2N3/c13-7-3-9(17)10(4-8(7)16)18-2-1-6-11(14)19-5-20-12(6)15/h3-5,18H,1-2H2. The van der Waals surface area contributed by atoms with Crippen LogP contribution in [0.3, 0.4) is 0 Å². The summed E-state index contributed by atoms with van der Waals surface area (Å²) in [7, 11) is 0. The first-order valence-corrected chi connectivity index (χ1v) is 7.07. The predicted molar refractivity (Wildman–Crippen MR) is 78.3 cm³/mol. The van der Waals surface area contributed by atoms with E-state index in [0.29, 0.717) is 18.5 Å². The molecule has 0 bridgehead atoms. The van der Waals surface area contributed by atoms with Crippen LogP contribution in [0.5, 0.6) is 0 Å². The van der Waals surface area contributed by atoms with Gasteiger partial charge in [-0.25, -0.2) is 18.7 Å². The van der Waals surface area contributed by atoms with Crippen molar-refractivity contribution in [2.45, 2.75) is 6.42 Å². The number of hydrogen-bond acceptors (Lipinski definition) is 3. The van der Waals surface area contributed by atoms with E-state index in [0.717, 1.165) is 12.1 Å². The van der Waals surface area contributed by atoms with E-state index in [2.05, 4.69) is 31.2 Å². The van der Waals surface area contributed by atoms with Crippen LogP contribution in [0.15, 0.2) is 22.9 Å². The van der Waals surface area contributed by atoms with Crippen molar-refractivity contribution in [3.63, 3.8) is 0 Å². The molecule has 0 saturated carbocycles. The molecule has 0 aliphatic heterocycles. The Labute approximate surface area is 132 Å². The van der Waals surface area contributed by atoms with Crippen molar-refractivity contribution in [1.29, 1.82) is 0 Å². The molecular formula is C12H8BrCl2F2N3. The Morgan fingerprint density at radius 2 is 1.75 bits per heavy atom. The SMILES string of the molecule is Fc1cc(NCCc2c(Cl)ncnc2Cl)c(F)cc1Br. The minimum absolute atomic E-state index is 0.0646. The third-order valence-corrected chi connectivity index (χ3v) is 3.80. The molecule has 1 aromatic heterocycles. The van der Waals surface area contributed by atoms with Gasteiger partial charge in [0, 0.05) is 18.2 Å². The van der Waals surface area contributed by atoms with Crippen LogP contribution in [0.2, 0.25) is 10.3 Å². The Morgan fingerprint density at radius 1 is 1.10 bits per heavy atom. The highest BCUT2D eigenvalue weighted by molar-refractivity contribution is 9.10. The molecule has 0 aliphatic carbocycles. The molecule has 1 aromatic carbocycles. The first-order chi connectivity index (χ1) is 9.49. The van der Waals surface area contributed by atoms with Crippen molar-refractivity contribution in [2.24, 2.45) is 0 Å². The molecule has 106 valence electrons. The van der Waals surface area contributed by atoms with Crippen LogP contribution in [0.25, 0.3) is 0 Å². The zero-order chi connectivity index (χ0) is 14.7. The Hall–Kier alpha value is -0.980. The summed E-state index contributed by atoms with van der Waals surface area (Å²) >= 11 is 14.7. The highest BCUT2D eigenvalue weighted by Gasteiger charge is 2.10. The van der Waals surface area contributed by atoms with E-state index >= 15 is 0 Å². The smallest absolute Gasteiger partial charge is 0.147 e. The number of hydrogen-bond donors (Lipinski definition) is 1. The number of benzene rings is 1. The van der Waals surface area contributed by atoms with E-state index in [1.54, 1.807) is 0 Å². The zero-order valence-electron chi connectivity index (χ0n) is 9.93. The second-order valence-corrected chi connectivity index (χ2v) is 5.43. The monoisotopic (exact) mass is 381 g/mol. The summed E-state index contributed by atoms with van der Waals surface area (Å²) in [5.41, 5.74) is 0.621. The van der Waals surface area contributed by atoms with Crippen LogP contribution < -0.4 is 5.32 Å². The quantitative estimate of drug-likeness (QED) is 0.625. The number of anilines is 1. The summed E-state index contributed by atoms with van der Waals surface area (Å²) < 4.78 is 27.0. The van der Waals surface area contributed by atoms with Gasteiger partial charge in [0.15, 0.2) is 0 Å². The Balaban J connectivity index is 2.05. The summed E-state index contributed by atoms with van der Waals surface area (Å²) in [6, 6.07) is 2.13. The predicted octanol–water partition coefficient (Wildman–Crippen LogP) is 4.48. The topological polar surface area (TPSA) is 37.8 Å². The van der Waals surface area contributed by atoms with Crippen LogP contribution in [-0.2, 0) is 6.42 Å². The Morgan fingerprint density at radius 3 is 2.40 bits per heavy atom. The fourth-order valence-corrected chi connectivity index (χ4v) is 2.38. The largest absolute Gasteiger partial charge is 0.382 e. The molecule has 0 fully saturated rings. The first-order valence-electron chi connectivity index (χ1n) is 5.52. The maximum Gasteiger partial charge on any atom is 0.147 e. The van der Waals surface area contributed by atoms with E-state index in [1.165, 1.54) is 6.33 Å². The van der Waals surface area contributed by atoms with E-state index in [-0.39, 0.29) is 20.5 Å². The molecule has 0 saturated heterocycles. The average molecular weight is 383 g/mol. The van der Waals surface area contributed by atoms with Crippen LogP contribution in [0.4, 0.5) is 14.5 Å². The van der Waals surface area contributed by atoms with Gasteiger partial charge >= 0.3 is 0 Å². The second kappa shape index (κ2) is 6.65. The number of rotatable bonds is 4. The van der Waals surface area contributed by atoms with Gasteiger partial charge in [0.05, 0.1) is 10.2 Å². The zero-order valence-corrected chi connectivity index (χ0v) is 13.0. The fraction of sp³-hybridized carbons (Fsp3) is 0.167. The molecule has 1 heterocycles. The summed E-state index contributed by atoms with van der Waals surface area (Å²) in [5.74, 6) is -1.10. The van der Waals surface area contributed by atoms with Gasteiger partial charge in [-0.05, 0) is 28.4 Å². The minimum Gasteiger partial charge on any atom is -0.382 e. The highest BCUT2D eigenvalue weighted by Crippen LogP contribution is 2.24. The van der Waals surface area contributed by atoms with E-state index < -0.39 is 11.6 Å². The second-order valence-electron chi connectivity index (χ2n) is 3.86. The number of nitrogens with zero attached hydrogens (tertiary/aromatic N) is 2. The Kier molecular flexibility index (Phi) is 5.12. The number of nitrogens with one attached hydrogen (secondary N) is 1. The van der Waals surface area contributed by atoms with Crippen molar-refractivity contribution in [3.05, 3.63) is 50.4 Å². The first kappa shape index (κ1) is 15.4.